The van der Waals surface area contributed by atoms with Gasteiger partial charge in [-0.15, -0.1) is 0 Å². The van der Waals surface area contributed by atoms with Crippen molar-refractivity contribution in [2.75, 3.05) is 13.2 Å². The van der Waals surface area contributed by atoms with Crippen LogP contribution in [-0.4, -0.2) is 52.4 Å². The van der Waals surface area contributed by atoms with Gasteiger partial charge in [0, 0.05) is 29.6 Å². The van der Waals surface area contributed by atoms with Gasteiger partial charge in [-0.2, -0.15) is 13.2 Å². The molecule has 1 saturated carbocycles. The van der Waals surface area contributed by atoms with Crippen molar-refractivity contribution in [3.63, 3.8) is 0 Å². The normalized spacial score (nSPS) is 18.0. The molecule has 0 radical (unpaired) electrons. The molecule has 206 valence electrons. The predicted molar refractivity (Wildman–Crippen MR) is 139 cm³/mol. The van der Waals surface area contributed by atoms with Gasteiger partial charge in [-0.25, -0.2) is 4.79 Å². The Morgan fingerprint density at radius 3 is 2.56 bits per heavy atom. The number of carbonyl (C=O) groups is 2. The van der Waals surface area contributed by atoms with Crippen LogP contribution in [0.25, 0.3) is 10.9 Å². The highest BCUT2D eigenvalue weighted by atomic mass is 19.4. The number of nitrogens with zero attached hydrogens (tertiary/aromatic N) is 2. The molecule has 2 fully saturated rings. The summed E-state index contributed by atoms with van der Waals surface area (Å²) in [5.41, 5.74) is 3.16. The number of aryl methyl sites for hydroxylation is 3. The first-order chi connectivity index (χ1) is 18.4. The Morgan fingerprint density at radius 2 is 1.92 bits per heavy atom. The summed E-state index contributed by atoms with van der Waals surface area (Å²) in [7, 11) is 0. The maximum atomic E-state index is 13.5. The maximum absolute atomic E-state index is 13.5. The third-order valence-corrected chi connectivity index (χ3v) is 7.61. The van der Waals surface area contributed by atoms with E-state index >= 15 is 0 Å². The Labute approximate surface area is 224 Å². The van der Waals surface area contributed by atoms with E-state index in [0.717, 1.165) is 28.6 Å². The molecule has 5 rings (SSSR count). The third-order valence-electron chi connectivity index (χ3n) is 7.61. The number of aromatic nitrogens is 1. The van der Waals surface area contributed by atoms with Gasteiger partial charge in [-0.1, -0.05) is 18.2 Å². The minimum atomic E-state index is -4.27. The van der Waals surface area contributed by atoms with Crippen LogP contribution in [0.1, 0.15) is 58.4 Å². The van der Waals surface area contributed by atoms with Gasteiger partial charge in [0.25, 0.3) is 5.91 Å². The molecule has 10 heteroatoms. The topological polar surface area (TPSA) is 91.8 Å². The molecule has 2 N–H and O–H groups in total. The number of amides is 2. The first-order valence-corrected chi connectivity index (χ1v) is 13.0. The summed E-state index contributed by atoms with van der Waals surface area (Å²) in [6, 6.07) is 12.2. The highest BCUT2D eigenvalue weighted by molar-refractivity contribution is 5.97. The van der Waals surface area contributed by atoms with E-state index in [-0.39, 0.29) is 25.0 Å². The molecule has 2 heterocycles. The fourth-order valence-electron chi connectivity index (χ4n) is 5.09. The van der Waals surface area contributed by atoms with Crippen molar-refractivity contribution in [1.82, 2.24) is 15.2 Å². The van der Waals surface area contributed by atoms with Gasteiger partial charge in [-0.05, 0) is 80.5 Å². The average Bonchev–Trinajstić information content (AvgIpc) is 3.61. The van der Waals surface area contributed by atoms with Gasteiger partial charge in [0.15, 0.2) is 0 Å². The number of carboxylic acid groups (broad SMARTS) is 1. The molecule has 0 bridgehead atoms. The van der Waals surface area contributed by atoms with Crippen molar-refractivity contribution in [3.8, 4) is 5.75 Å². The molecule has 7 nitrogen and oxygen atoms in total. The van der Waals surface area contributed by atoms with E-state index in [4.69, 9.17) is 4.74 Å². The Kier molecular flexibility index (Phi) is 6.90. The fourth-order valence-corrected chi connectivity index (χ4v) is 5.09. The Bertz CT molecular complexity index is 1440. The molecular weight excluding hydrogens is 511 g/mol. The van der Waals surface area contributed by atoms with Gasteiger partial charge >= 0.3 is 12.3 Å². The van der Waals surface area contributed by atoms with Crippen molar-refractivity contribution in [2.45, 2.75) is 63.7 Å². The number of fused-ring (bicyclic) bond motifs is 1. The number of hydrogen-bond donors (Lipinski definition) is 2. The number of halogens is 3. The van der Waals surface area contributed by atoms with Crippen LogP contribution >= 0.6 is 0 Å². The summed E-state index contributed by atoms with van der Waals surface area (Å²) in [4.78, 5) is 30.6. The predicted octanol–water partition coefficient (Wildman–Crippen LogP) is 5.90. The van der Waals surface area contributed by atoms with E-state index < -0.39 is 24.2 Å². The summed E-state index contributed by atoms with van der Waals surface area (Å²) in [5, 5.41) is 13.2. The summed E-state index contributed by atoms with van der Waals surface area (Å²) in [6.45, 7) is 4.33. The monoisotopic (exact) mass is 541 g/mol. The number of hydrogen-bond acceptors (Lipinski definition) is 4. The second-order valence-corrected chi connectivity index (χ2v) is 10.5. The highest BCUT2D eigenvalue weighted by Gasteiger charge is 2.47. The van der Waals surface area contributed by atoms with Crippen LogP contribution in [0.5, 0.6) is 5.75 Å². The van der Waals surface area contributed by atoms with Gasteiger partial charge in [0.05, 0.1) is 17.1 Å². The molecule has 0 spiro atoms. The van der Waals surface area contributed by atoms with Crippen molar-refractivity contribution >= 4 is 22.9 Å². The second kappa shape index (κ2) is 10.1. The van der Waals surface area contributed by atoms with E-state index in [0.29, 0.717) is 41.8 Å². The van der Waals surface area contributed by atoms with E-state index in [9.17, 15) is 27.9 Å². The molecule has 1 aliphatic carbocycles. The first-order valence-electron chi connectivity index (χ1n) is 13.0. The molecular formula is C29H30F3N3O4. The van der Waals surface area contributed by atoms with Gasteiger partial charge in [-0.3, -0.25) is 9.78 Å². The largest absolute Gasteiger partial charge is 0.491 e. The van der Waals surface area contributed by atoms with Crippen molar-refractivity contribution in [1.29, 1.82) is 0 Å². The number of benzene rings is 2. The molecule has 1 aliphatic heterocycles. The van der Waals surface area contributed by atoms with Crippen LogP contribution in [0.4, 0.5) is 18.0 Å². The van der Waals surface area contributed by atoms with Crippen LogP contribution in [0.2, 0.25) is 0 Å². The molecule has 1 aromatic heterocycles. The van der Waals surface area contributed by atoms with Crippen LogP contribution in [0.15, 0.2) is 42.5 Å². The van der Waals surface area contributed by atoms with Crippen molar-refractivity contribution in [3.05, 3.63) is 70.4 Å². The lowest BCUT2D eigenvalue weighted by Gasteiger charge is -2.38. The van der Waals surface area contributed by atoms with Crippen molar-refractivity contribution < 1.29 is 32.6 Å². The van der Waals surface area contributed by atoms with Gasteiger partial charge in [0.1, 0.15) is 12.4 Å². The Hall–Kier alpha value is -3.82. The number of rotatable bonds is 8. The summed E-state index contributed by atoms with van der Waals surface area (Å²) >= 11 is 0. The Balaban J connectivity index is 1.38. The zero-order valence-corrected chi connectivity index (χ0v) is 21.8. The van der Waals surface area contributed by atoms with Crippen LogP contribution in [0.3, 0.4) is 0 Å². The van der Waals surface area contributed by atoms with Gasteiger partial charge in [0.2, 0.25) is 0 Å². The third kappa shape index (κ3) is 5.79. The molecule has 3 aromatic rings. The molecule has 1 unspecified atom stereocenters. The molecule has 2 amide bonds. The SMILES string of the molecule is Cc1ccc2c(C3(NC(=O)c4cc(OCC5CCN5C(=O)O)ccc4C)CC3)cc(CCC(F)(F)F)cc2n1. The lowest BCUT2D eigenvalue weighted by atomic mass is 9.94. The highest BCUT2D eigenvalue weighted by Crippen LogP contribution is 2.48. The quantitative estimate of drug-likeness (QED) is 0.371. The summed E-state index contributed by atoms with van der Waals surface area (Å²) in [6.07, 6.45) is -4.30. The minimum Gasteiger partial charge on any atom is -0.491 e. The number of likely N-dealkylation sites (tertiary alicyclic amines) is 1. The minimum absolute atomic E-state index is 0.162. The molecule has 39 heavy (non-hydrogen) atoms. The zero-order valence-electron chi connectivity index (χ0n) is 21.8. The smallest absolute Gasteiger partial charge is 0.407 e. The first kappa shape index (κ1) is 26.8. The van der Waals surface area contributed by atoms with Crippen molar-refractivity contribution in [2.24, 2.45) is 0 Å². The summed E-state index contributed by atoms with van der Waals surface area (Å²) < 4.78 is 44.7. The average molecular weight is 542 g/mol. The number of ether oxygens (including phenoxy) is 1. The molecule has 1 saturated heterocycles. The number of alkyl halides is 3. The van der Waals surface area contributed by atoms with Gasteiger partial charge < -0.3 is 20.1 Å². The fraction of sp³-hybridized carbons (Fsp3) is 0.414. The summed E-state index contributed by atoms with van der Waals surface area (Å²) in [5.74, 6) is 0.160. The molecule has 2 aliphatic rings. The molecule has 2 aromatic carbocycles. The Morgan fingerprint density at radius 1 is 1.15 bits per heavy atom. The van der Waals surface area contributed by atoms with Crippen LogP contribution in [0, 0.1) is 13.8 Å². The van der Waals surface area contributed by atoms with E-state index in [2.05, 4.69) is 10.3 Å². The standard InChI is InChI=1S/C29H30F3N3O4/c1-17-3-5-21(39-16-20-8-12-35(20)27(37)38)15-23(17)26(36)34-28(10-11-28)24-13-19(7-9-29(30,31)32)14-25-22(24)6-4-18(2)33-25/h3-6,13-15,20H,7-12,16H2,1-2H3,(H,34,36)(H,37,38). The lowest BCUT2D eigenvalue weighted by molar-refractivity contribution is -0.134. The van der Waals surface area contributed by atoms with E-state index in [1.165, 1.54) is 4.90 Å². The maximum Gasteiger partial charge on any atom is 0.407 e. The lowest BCUT2D eigenvalue weighted by Crippen LogP contribution is -2.53. The van der Waals surface area contributed by atoms with E-state index in [1.807, 2.05) is 26.0 Å². The van der Waals surface area contributed by atoms with E-state index in [1.54, 1.807) is 30.3 Å². The van der Waals surface area contributed by atoms with Crippen LogP contribution < -0.4 is 10.1 Å². The number of carbonyl (C=O) groups excluding carboxylic acids is 1. The van der Waals surface area contributed by atoms with Crippen LogP contribution in [-0.2, 0) is 12.0 Å². The molecule has 1 atom stereocenters. The number of pyridine rings is 1. The number of nitrogens with one attached hydrogen (secondary N) is 1. The zero-order chi connectivity index (χ0) is 27.9. The second-order valence-electron chi connectivity index (χ2n) is 10.5.